The molecule has 29 heavy (non-hydrogen) atoms. The van der Waals surface area contributed by atoms with Crippen molar-refractivity contribution in [2.45, 2.75) is 25.2 Å². The van der Waals surface area contributed by atoms with E-state index in [1.807, 2.05) is 13.8 Å². The minimum Gasteiger partial charge on any atom is -0.469 e. The molecular weight excluding hydrogens is 420 g/mol. The number of sulfonamides is 1. The third-order valence-corrected chi connectivity index (χ3v) is 6.69. The number of halogens is 1. The van der Waals surface area contributed by atoms with Crippen molar-refractivity contribution in [3.05, 3.63) is 28.8 Å². The highest BCUT2D eigenvalue weighted by atomic mass is 35.5. The molecule has 1 aliphatic heterocycles. The summed E-state index contributed by atoms with van der Waals surface area (Å²) < 4.78 is 37.0. The van der Waals surface area contributed by atoms with Crippen molar-refractivity contribution in [3.8, 4) is 0 Å². The van der Waals surface area contributed by atoms with E-state index in [0.717, 1.165) is 0 Å². The molecule has 0 unspecified atom stereocenters. The Morgan fingerprint density at radius 2 is 1.93 bits per heavy atom. The van der Waals surface area contributed by atoms with Gasteiger partial charge in [0, 0.05) is 26.2 Å². The minimum absolute atomic E-state index is 0.00427. The molecule has 0 aliphatic carbocycles. The minimum atomic E-state index is -3.76. The number of ether oxygens (including phenoxy) is 2. The van der Waals surface area contributed by atoms with E-state index in [4.69, 9.17) is 16.3 Å². The van der Waals surface area contributed by atoms with Crippen molar-refractivity contribution in [1.82, 2.24) is 9.21 Å². The molecule has 10 heteroatoms. The SMILES string of the molecule is COC(=O)CCN(CC(C)C)C(=O)c1cc(S(=O)(=O)N2CCOCC2)ccc1Cl. The van der Waals surface area contributed by atoms with Crippen molar-refractivity contribution in [2.24, 2.45) is 5.92 Å². The largest absolute Gasteiger partial charge is 0.469 e. The topological polar surface area (TPSA) is 93.2 Å². The predicted octanol–water partition coefficient (Wildman–Crippen LogP) is 2.02. The van der Waals surface area contributed by atoms with Crippen LogP contribution in [-0.4, -0.2) is 76.0 Å². The van der Waals surface area contributed by atoms with E-state index in [9.17, 15) is 18.0 Å². The summed E-state index contributed by atoms with van der Waals surface area (Å²) in [5.41, 5.74) is 0.0894. The first-order valence-corrected chi connectivity index (χ1v) is 11.2. The van der Waals surface area contributed by atoms with Crippen LogP contribution >= 0.6 is 11.6 Å². The molecular formula is C19H27ClN2O6S. The number of esters is 1. The monoisotopic (exact) mass is 446 g/mol. The second-order valence-electron chi connectivity index (χ2n) is 7.13. The summed E-state index contributed by atoms with van der Waals surface area (Å²) >= 11 is 6.23. The zero-order chi connectivity index (χ0) is 21.6. The molecule has 1 heterocycles. The summed E-state index contributed by atoms with van der Waals surface area (Å²) in [6, 6.07) is 4.11. The molecule has 0 spiro atoms. The Hall–Kier alpha value is -1.68. The maximum absolute atomic E-state index is 13.1. The molecule has 1 aromatic rings. The molecule has 1 amide bonds. The number of carbonyl (C=O) groups excluding carboxylic acids is 2. The molecule has 162 valence electrons. The van der Waals surface area contributed by atoms with Crippen LogP contribution in [0.4, 0.5) is 0 Å². The summed E-state index contributed by atoms with van der Waals surface area (Å²) in [5, 5.41) is 0.155. The molecule has 1 saturated heterocycles. The highest BCUT2D eigenvalue weighted by Gasteiger charge is 2.28. The van der Waals surface area contributed by atoms with Gasteiger partial charge >= 0.3 is 5.97 Å². The van der Waals surface area contributed by atoms with Gasteiger partial charge in [-0.2, -0.15) is 4.31 Å². The van der Waals surface area contributed by atoms with Gasteiger partial charge in [-0.1, -0.05) is 25.4 Å². The fourth-order valence-corrected chi connectivity index (χ4v) is 4.61. The number of methoxy groups -OCH3 is 1. The first-order chi connectivity index (χ1) is 13.7. The van der Waals surface area contributed by atoms with Crippen LogP contribution in [0.15, 0.2) is 23.1 Å². The zero-order valence-electron chi connectivity index (χ0n) is 16.9. The third-order valence-electron chi connectivity index (χ3n) is 4.46. The van der Waals surface area contributed by atoms with E-state index < -0.39 is 21.9 Å². The van der Waals surface area contributed by atoms with Crippen molar-refractivity contribution >= 4 is 33.5 Å². The smallest absolute Gasteiger partial charge is 0.307 e. The Morgan fingerprint density at radius 3 is 2.52 bits per heavy atom. The molecule has 0 aromatic heterocycles. The average Bonchev–Trinajstić information content (AvgIpc) is 2.70. The van der Waals surface area contributed by atoms with Gasteiger partial charge in [0.25, 0.3) is 5.91 Å². The molecule has 1 aliphatic rings. The average molecular weight is 447 g/mol. The van der Waals surface area contributed by atoms with Gasteiger partial charge in [-0.05, 0) is 24.1 Å². The Balaban J connectivity index is 2.32. The van der Waals surface area contributed by atoms with Crippen molar-refractivity contribution in [1.29, 1.82) is 0 Å². The number of carbonyl (C=O) groups is 2. The van der Waals surface area contributed by atoms with Gasteiger partial charge in [0.15, 0.2) is 0 Å². The first-order valence-electron chi connectivity index (χ1n) is 9.40. The number of amides is 1. The number of benzene rings is 1. The number of morpholine rings is 1. The molecule has 1 aromatic carbocycles. The van der Waals surface area contributed by atoms with E-state index in [2.05, 4.69) is 4.74 Å². The van der Waals surface area contributed by atoms with Crippen LogP contribution < -0.4 is 0 Å². The lowest BCUT2D eigenvalue weighted by molar-refractivity contribution is -0.140. The first kappa shape index (κ1) is 23.6. The molecule has 0 N–H and O–H groups in total. The normalized spacial score (nSPS) is 15.3. The second kappa shape index (κ2) is 10.4. The summed E-state index contributed by atoms with van der Waals surface area (Å²) in [7, 11) is -2.48. The standard InChI is InChI=1S/C19H27ClN2O6S/c1-14(2)13-21(7-6-18(23)27-3)19(24)16-12-15(4-5-17(16)20)29(25,26)22-8-10-28-11-9-22/h4-5,12,14H,6-11,13H2,1-3H3. The van der Waals surface area contributed by atoms with Gasteiger partial charge in [0.05, 0.1) is 42.2 Å². The van der Waals surface area contributed by atoms with Gasteiger partial charge in [-0.3, -0.25) is 9.59 Å². The molecule has 1 fully saturated rings. The third kappa shape index (κ3) is 6.15. The molecule has 0 saturated carbocycles. The fourth-order valence-electron chi connectivity index (χ4n) is 2.98. The van der Waals surface area contributed by atoms with E-state index in [1.54, 1.807) is 0 Å². The van der Waals surface area contributed by atoms with Crippen molar-refractivity contribution in [2.75, 3.05) is 46.5 Å². The van der Waals surface area contributed by atoms with Gasteiger partial charge < -0.3 is 14.4 Å². The summed E-state index contributed by atoms with van der Waals surface area (Å²) in [6.45, 7) is 5.61. The Labute approximate surface area is 176 Å². The van der Waals surface area contributed by atoms with Crippen LogP contribution in [0.1, 0.15) is 30.6 Å². The Morgan fingerprint density at radius 1 is 1.28 bits per heavy atom. The van der Waals surface area contributed by atoms with Crippen LogP contribution in [0.3, 0.4) is 0 Å². The van der Waals surface area contributed by atoms with Crippen molar-refractivity contribution < 1.29 is 27.5 Å². The lowest BCUT2D eigenvalue weighted by atomic mass is 10.1. The van der Waals surface area contributed by atoms with E-state index in [-0.39, 0.29) is 47.5 Å². The summed E-state index contributed by atoms with van der Waals surface area (Å²) in [5.74, 6) is -0.705. The molecule has 0 bridgehead atoms. The zero-order valence-corrected chi connectivity index (χ0v) is 18.5. The van der Waals surface area contributed by atoms with Gasteiger partial charge in [0.1, 0.15) is 0 Å². The fraction of sp³-hybridized carbons (Fsp3) is 0.579. The maximum Gasteiger partial charge on any atom is 0.307 e. The Kier molecular flexibility index (Phi) is 8.45. The highest BCUT2D eigenvalue weighted by molar-refractivity contribution is 7.89. The molecule has 0 atom stereocenters. The molecule has 8 nitrogen and oxygen atoms in total. The van der Waals surface area contributed by atoms with E-state index in [0.29, 0.717) is 19.8 Å². The highest BCUT2D eigenvalue weighted by Crippen LogP contribution is 2.25. The molecule has 2 rings (SSSR count). The predicted molar refractivity (Wildman–Crippen MR) is 108 cm³/mol. The Bertz CT molecular complexity index is 837. The van der Waals surface area contributed by atoms with E-state index in [1.165, 1.54) is 34.5 Å². The van der Waals surface area contributed by atoms with Gasteiger partial charge in [0.2, 0.25) is 10.0 Å². The maximum atomic E-state index is 13.1. The van der Waals surface area contributed by atoms with Gasteiger partial charge in [-0.15, -0.1) is 0 Å². The van der Waals surface area contributed by atoms with Crippen LogP contribution in [0.2, 0.25) is 5.02 Å². The number of rotatable bonds is 8. The lowest BCUT2D eigenvalue weighted by Gasteiger charge is -2.27. The lowest BCUT2D eigenvalue weighted by Crippen LogP contribution is -2.40. The van der Waals surface area contributed by atoms with Crippen LogP contribution in [0.5, 0.6) is 0 Å². The number of nitrogens with zero attached hydrogens (tertiary/aromatic N) is 2. The summed E-state index contributed by atoms with van der Waals surface area (Å²) in [4.78, 5) is 26.1. The van der Waals surface area contributed by atoms with E-state index >= 15 is 0 Å². The number of hydrogen-bond acceptors (Lipinski definition) is 6. The van der Waals surface area contributed by atoms with Gasteiger partial charge in [-0.25, -0.2) is 8.42 Å². The van der Waals surface area contributed by atoms with Crippen molar-refractivity contribution in [3.63, 3.8) is 0 Å². The van der Waals surface area contributed by atoms with Crippen LogP contribution in [-0.2, 0) is 24.3 Å². The van der Waals surface area contributed by atoms with Crippen LogP contribution in [0.25, 0.3) is 0 Å². The van der Waals surface area contributed by atoms with Crippen LogP contribution in [0, 0.1) is 5.92 Å². The number of hydrogen-bond donors (Lipinski definition) is 0. The second-order valence-corrected chi connectivity index (χ2v) is 9.47. The quantitative estimate of drug-likeness (QED) is 0.567. The summed E-state index contributed by atoms with van der Waals surface area (Å²) in [6.07, 6.45) is 0.0400. The molecule has 0 radical (unpaired) electrons.